The molecule has 0 aliphatic carbocycles. The Balaban J connectivity index is 1.26. The summed E-state index contributed by atoms with van der Waals surface area (Å²) in [4.78, 5) is 4.75. The minimum atomic E-state index is 0.882. The van der Waals surface area contributed by atoms with E-state index in [4.69, 9.17) is 4.98 Å². The molecule has 3 aromatic rings. The van der Waals surface area contributed by atoms with Gasteiger partial charge in [0.05, 0.1) is 11.4 Å². The van der Waals surface area contributed by atoms with Crippen molar-refractivity contribution in [1.29, 1.82) is 0 Å². The summed E-state index contributed by atoms with van der Waals surface area (Å²) in [6.07, 6.45) is 10.7. The van der Waals surface area contributed by atoms with Gasteiger partial charge in [-0.25, -0.2) is 9.67 Å². The van der Waals surface area contributed by atoms with Crippen molar-refractivity contribution in [3.63, 3.8) is 0 Å². The zero-order valence-electron chi connectivity index (χ0n) is 13.9. The first kappa shape index (κ1) is 15.1. The molecular weight excluding hydrogens is 298 g/mol. The number of fused-ring (bicyclic) bond motifs is 1. The van der Waals surface area contributed by atoms with Crippen molar-refractivity contribution in [2.45, 2.75) is 38.8 Å². The van der Waals surface area contributed by atoms with Gasteiger partial charge in [-0.3, -0.25) is 0 Å². The Morgan fingerprint density at radius 1 is 1.12 bits per heavy atom. The van der Waals surface area contributed by atoms with Crippen LogP contribution in [0.15, 0.2) is 48.9 Å². The van der Waals surface area contributed by atoms with E-state index in [1.807, 2.05) is 16.9 Å². The molecule has 1 N–H and O–H groups in total. The molecule has 0 amide bonds. The van der Waals surface area contributed by atoms with Crippen molar-refractivity contribution in [3.8, 4) is 5.69 Å². The Morgan fingerprint density at radius 2 is 2.04 bits per heavy atom. The van der Waals surface area contributed by atoms with Crippen LogP contribution < -0.4 is 5.32 Å². The van der Waals surface area contributed by atoms with Gasteiger partial charge in [0, 0.05) is 51.1 Å². The zero-order chi connectivity index (χ0) is 16.2. The number of hydrogen-bond donors (Lipinski definition) is 1. The van der Waals surface area contributed by atoms with Gasteiger partial charge in [0.25, 0.3) is 0 Å². The first-order valence-electron chi connectivity index (χ1n) is 8.73. The van der Waals surface area contributed by atoms with E-state index in [9.17, 15) is 0 Å². The quantitative estimate of drug-likeness (QED) is 0.710. The minimum absolute atomic E-state index is 0.882. The van der Waals surface area contributed by atoms with Gasteiger partial charge in [-0.15, -0.1) is 0 Å². The minimum Gasteiger partial charge on any atom is -0.335 e. The number of rotatable bonds is 6. The van der Waals surface area contributed by atoms with Crippen LogP contribution in [0.1, 0.15) is 29.9 Å². The van der Waals surface area contributed by atoms with Crippen LogP contribution in [-0.2, 0) is 25.9 Å². The average molecular weight is 321 g/mol. The van der Waals surface area contributed by atoms with E-state index in [1.54, 1.807) is 6.20 Å². The van der Waals surface area contributed by atoms with Crippen LogP contribution in [0.3, 0.4) is 0 Å². The molecular formula is C19H23N5. The van der Waals surface area contributed by atoms with Gasteiger partial charge < -0.3 is 9.88 Å². The maximum Gasteiger partial charge on any atom is 0.108 e. The lowest BCUT2D eigenvalue weighted by Crippen LogP contribution is -2.16. The molecule has 1 aliphatic heterocycles. The van der Waals surface area contributed by atoms with Crippen LogP contribution in [0.4, 0.5) is 0 Å². The highest BCUT2D eigenvalue weighted by molar-refractivity contribution is 5.33. The number of nitrogens with one attached hydrogen (secondary N) is 1. The van der Waals surface area contributed by atoms with E-state index >= 15 is 0 Å². The van der Waals surface area contributed by atoms with Crippen LogP contribution in [0.2, 0.25) is 0 Å². The Bertz CT molecular complexity index is 747. The highest BCUT2D eigenvalue weighted by Gasteiger charge is 2.11. The number of aromatic nitrogens is 4. The normalized spacial score (nSPS) is 13.8. The van der Waals surface area contributed by atoms with Crippen molar-refractivity contribution in [2.24, 2.45) is 0 Å². The van der Waals surface area contributed by atoms with Gasteiger partial charge in [0.15, 0.2) is 0 Å². The molecule has 124 valence electrons. The molecule has 5 nitrogen and oxygen atoms in total. The topological polar surface area (TPSA) is 47.7 Å². The van der Waals surface area contributed by atoms with E-state index in [2.05, 4.69) is 45.4 Å². The predicted molar refractivity (Wildman–Crippen MR) is 94.1 cm³/mol. The van der Waals surface area contributed by atoms with E-state index in [-0.39, 0.29) is 0 Å². The highest BCUT2D eigenvalue weighted by atomic mass is 15.3. The average Bonchev–Trinajstić information content (AvgIpc) is 3.28. The summed E-state index contributed by atoms with van der Waals surface area (Å²) < 4.78 is 4.20. The second kappa shape index (κ2) is 7.01. The maximum atomic E-state index is 4.75. The lowest BCUT2D eigenvalue weighted by atomic mass is 10.2. The lowest BCUT2D eigenvalue weighted by Gasteiger charge is -2.11. The first-order valence-corrected chi connectivity index (χ1v) is 8.73. The molecule has 0 saturated heterocycles. The summed E-state index contributed by atoms with van der Waals surface area (Å²) in [6, 6.07) is 10.4. The molecule has 2 aromatic heterocycles. The standard InChI is InChI=1S/C19H23N5/c1-2-12-23-15-17(22-19(23)4-1)9-11-20-14-16-5-7-18(8-6-16)24-13-3-10-21-24/h3,5-8,10,13,15,20H,1-2,4,9,11-12,14H2. The van der Waals surface area contributed by atoms with E-state index in [0.717, 1.165) is 38.2 Å². The third-order valence-corrected chi connectivity index (χ3v) is 4.55. The zero-order valence-corrected chi connectivity index (χ0v) is 13.9. The maximum absolute atomic E-state index is 4.75. The number of nitrogens with zero attached hydrogens (tertiary/aromatic N) is 4. The summed E-state index contributed by atoms with van der Waals surface area (Å²) >= 11 is 0. The number of hydrogen-bond acceptors (Lipinski definition) is 3. The van der Waals surface area contributed by atoms with Crippen LogP contribution in [0.25, 0.3) is 5.69 Å². The fourth-order valence-electron chi connectivity index (χ4n) is 3.23. The highest BCUT2D eigenvalue weighted by Crippen LogP contribution is 2.14. The van der Waals surface area contributed by atoms with Crippen molar-refractivity contribution in [3.05, 3.63) is 66.0 Å². The Hall–Kier alpha value is -2.40. The Kier molecular flexibility index (Phi) is 4.42. The summed E-state index contributed by atoms with van der Waals surface area (Å²) in [7, 11) is 0. The SMILES string of the molecule is c1cnn(-c2ccc(CNCCc3cn4c(n3)CCCC4)cc2)c1. The van der Waals surface area contributed by atoms with E-state index in [0.29, 0.717) is 0 Å². The van der Waals surface area contributed by atoms with Gasteiger partial charge >= 0.3 is 0 Å². The van der Waals surface area contributed by atoms with Crippen LogP contribution >= 0.6 is 0 Å². The molecule has 0 spiro atoms. The molecule has 1 aromatic carbocycles. The van der Waals surface area contributed by atoms with E-state index in [1.165, 1.54) is 29.9 Å². The van der Waals surface area contributed by atoms with Crippen molar-refractivity contribution in [1.82, 2.24) is 24.6 Å². The van der Waals surface area contributed by atoms with Gasteiger partial charge in [-0.05, 0) is 36.6 Å². The third kappa shape index (κ3) is 3.41. The monoisotopic (exact) mass is 321 g/mol. The molecule has 3 heterocycles. The molecule has 0 radical (unpaired) electrons. The molecule has 0 atom stereocenters. The largest absolute Gasteiger partial charge is 0.335 e. The molecule has 1 aliphatic rings. The van der Waals surface area contributed by atoms with Crippen molar-refractivity contribution in [2.75, 3.05) is 6.54 Å². The summed E-state index contributed by atoms with van der Waals surface area (Å²) in [5, 5.41) is 7.76. The first-order chi connectivity index (χ1) is 11.9. The Morgan fingerprint density at radius 3 is 2.83 bits per heavy atom. The summed E-state index contributed by atoms with van der Waals surface area (Å²) in [6.45, 7) is 2.97. The van der Waals surface area contributed by atoms with Crippen LogP contribution in [0.5, 0.6) is 0 Å². The molecule has 0 fully saturated rings. The number of benzene rings is 1. The molecule has 0 unspecified atom stereocenters. The van der Waals surface area contributed by atoms with Gasteiger partial charge in [-0.1, -0.05) is 12.1 Å². The summed E-state index contributed by atoms with van der Waals surface area (Å²) in [5.41, 5.74) is 3.59. The Labute approximate surface area is 142 Å². The number of aryl methyl sites for hydroxylation is 2. The molecule has 24 heavy (non-hydrogen) atoms. The van der Waals surface area contributed by atoms with Crippen molar-refractivity contribution < 1.29 is 0 Å². The van der Waals surface area contributed by atoms with E-state index < -0.39 is 0 Å². The van der Waals surface area contributed by atoms with Gasteiger partial charge in [0.2, 0.25) is 0 Å². The fourth-order valence-corrected chi connectivity index (χ4v) is 3.23. The second-order valence-corrected chi connectivity index (χ2v) is 6.34. The summed E-state index contributed by atoms with van der Waals surface area (Å²) in [5.74, 6) is 1.27. The second-order valence-electron chi connectivity index (χ2n) is 6.34. The van der Waals surface area contributed by atoms with Gasteiger partial charge in [-0.2, -0.15) is 5.10 Å². The lowest BCUT2D eigenvalue weighted by molar-refractivity contribution is 0.522. The molecule has 4 rings (SSSR count). The molecule has 0 saturated carbocycles. The van der Waals surface area contributed by atoms with Crippen LogP contribution in [0, 0.1) is 0 Å². The smallest absolute Gasteiger partial charge is 0.108 e. The molecule has 0 bridgehead atoms. The van der Waals surface area contributed by atoms with Crippen LogP contribution in [-0.4, -0.2) is 25.9 Å². The van der Waals surface area contributed by atoms with Crippen molar-refractivity contribution >= 4 is 0 Å². The molecule has 5 heteroatoms. The number of imidazole rings is 1. The third-order valence-electron chi connectivity index (χ3n) is 4.55. The fraction of sp³-hybridized carbons (Fsp3) is 0.368. The predicted octanol–water partition coefficient (Wildman–Crippen LogP) is 2.74. The van der Waals surface area contributed by atoms with Gasteiger partial charge in [0.1, 0.15) is 5.82 Å².